The maximum Gasteiger partial charge on any atom is 0.409 e. The highest BCUT2D eigenvalue weighted by atomic mass is 31.1. The number of hydrogen-bond donors (Lipinski definition) is 1. The Morgan fingerprint density at radius 1 is 1.86 bits per heavy atom. The highest BCUT2D eigenvalue weighted by molar-refractivity contribution is 7.35. The molecule has 0 aromatic heterocycles. The highest BCUT2D eigenvalue weighted by Gasteiger charge is 1.89. The molecule has 42 valence electrons. The molecule has 0 rings (SSSR count). The van der Waals surface area contributed by atoms with Crippen molar-refractivity contribution >= 4 is 14.8 Å². The zero-order chi connectivity index (χ0) is 5.70. The summed E-state index contributed by atoms with van der Waals surface area (Å²) < 4.78 is 4.25. The summed E-state index contributed by atoms with van der Waals surface area (Å²) in [6.45, 7) is 1.86. The van der Waals surface area contributed by atoms with Crippen LogP contribution in [0.5, 0.6) is 0 Å². The van der Waals surface area contributed by atoms with E-state index in [4.69, 9.17) is 0 Å². The SMILES string of the molecule is COC(=O)NPC. The Balaban J connectivity index is 3.00. The van der Waals surface area contributed by atoms with E-state index < -0.39 is 0 Å². The van der Waals surface area contributed by atoms with Crippen molar-refractivity contribution in [3.05, 3.63) is 0 Å². The first-order chi connectivity index (χ1) is 3.31. The summed E-state index contributed by atoms with van der Waals surface area (Å²) in [4.78, 5) is 10.1. The number of nitrogens with one attached hydrogen (secondary N) is 1. The minimum absolute atomic E-state index is 0.360. The Labute approximate surface area is 44.3 Å². The predicted molar refractivity (Wildman–Crippen MR) is 29.8 cm³/mol. The van der Waals surface area contributed by atoms with Crippen molar-refractivity contribution in [1.29, 1.82) is 0 Å². The highest BCUT2D eigenvalue weighted by Crippen LogP contribution is 1.91. The molecule has 1 unspecified atom stereocenters. The van der Waals surface area contributed by atoms with Gasteiger partial charge in [-0.15, -0.1) is 0 Å². The van der Waals surface area contributed by atoms with E-state index in [1.165, 1.54) is 7.11 Å². The molecule has 1 amide bonds. The van der Waals surface area contributed by atoms with E-state index in [1.54, 1.807) is 0 Å². The van der Waals surface area contributed by atoms with E-state index in [1.807, 2.05) is 6.66 Å². The number of ether oxygens (including phenoxy) is 1. The number of hydrogen-bond acceptors (Lipinski definition) is 2. The second-order valence-corrected chi connectivity index (χ2v) is 1.62. The molecule has 0 aliphatic carbocycles. The van der Waals surface area contributed by atoms with Crippen molar-refractivity contribution < 1.29 is 9.53 Å². The molecule has 0 spiro atoms. The van der Waals surface area contributed by atoms with Crippen LogP contribution in [0.3, 0.4) is 0 Å². The maximum atomic E-state index is 10.1. The van der Waals surface area contributed by atoms with Gasteiger partial charge in [0.15, 0.2) is 0 Å². The van der Waals surface area contributed by atoms with Crippen molar-refractivity contribution in [1.82, 2.24) is 5.09 Å². The molecule has 0 saturated heterocycles. The summed E-state index contributed by atoms with van der Waals surface area (Å²) >= 11 is 0. The topological polar surface area (TPSA) is 38.3 Å². The lowest BCUT2D eigenvalue weighted by molar-refractivity contribution is 0.178. The van der Waals surface area contributed by atoms with E-state index in [0.717, 1.165) is 0 Å². The number of methoxy groups -OCH3 is 1. The van der Waals surface area contributed by atoms with Crippen LogP contribution in [-0.4, -0.2) is 19.9 Å². The minimum atomic E-state index is -0.360. The van der Waals surface area contributed by atoms with E-state index in [0.29, 0.717) is 8.73 Å². The molecule has 0 bridgehead atoms. The summed E-state index contributed by atoms with van der Waals surface area (Å²) in [5.41, 5.74) is 0. The molecule has 4 heteroatoms. The Kier molecular flexibility index (Phi) is 3.71. The quantitative estimate of drug-likeness (QED) is 0.515. The molecule has 1 N–H and O–H groups in total. The van der Waals surface area contributed by atoms with Gasteiger partial charge < -0.3 is 9.82 Å². The van der Waals surface area contributed by atoms with Crippen LogP contribution in [0.2, 0.25) is 0 Å². The van der Waals surface area contributed by atoms with E-state index >= 15 is 0 Å². The lowest BCUT2D eigenvalue weighted by Gasteiger charge is -1.95. The molecule has 0 fully saturated rings. The Bertz CT molecular complexity index is 66.0. The Morgan fingerprint density at radius 2 is 2.43 bits per heavy atom. The Hall–Kier alpha value is -0.300. The first kappa shape index (κ1) is 6.70. The summed E-state index contributed by atoms with van der Waals surface area (Å²) in [6, 6.07) is 0. The largest absolute Gasteiger partial charge is 0.453 e. The molecular weight excluding hydrogens is 113 g/mol. The summed E-state index contributed by atoms with van der Waals surface area (Å²) in [7, 11) is 1.76. The molecule has 0 aliphatic rings. The van der Waals surface area contributed by atoms with E-state index in [9.17, 15) is 4.79 Å². The van der Waals surface area contributed by atoms with Crippen LogP contribution in [0.15, 0.2) is 0 Å². The third-order valence-corrected chi connectivity index (χ3v) is 0.867. The first-order valence-corrected chi connectivity index (χ1v) is 3.32. The van der Waals surface area contributed by atoms with Crippen molar-refractivity contribution in [2.45, 2.75) is 0 Å². The van der Waals surface area contributed by atoms with Crippen LogP contribution in [0.1, 0.15) is 0 Å². The number of carbonyl (C=O) groups excluding carboxylic acids is 1. The molecule has 0 aliphatic heterocycles. The standard InChI is InChI=1S/C3H8NO2P/c1-6-3(5)4-7-2/h7H,1-2H3,(H,4,5). The van der Waals surface area contributed by atoms with Crippen LogP contribution >= 0.6 is 8.73 Å². The van der Waals surface area contributed by atoms with Gasteiger partial charge >= 0.3 is 6.09 Å². The van der Waals surface area contributed by atoms with Crippen molar-refractivity contribution in [2.75, 3.05) is 13.8 Å². The molecule has 0 aromatic carbocycles. The fourth-order valence-electron chi connectivity index (χ4n) is 0.153. The first-order valence-electron chi connectivity index (χ1n) is 1.82. The molecule has 0 heterocycles. The van der Waals surface area contributed by atoms with Crippen LogP contribution in [0.25, 0.3) is 0 Å². The van der Waals surface area contributed by atoms with Gasteiger partial charge in [-0.2, -0.15) is 0 Å². The van der Waals surface area contributed by atoms with Gasteiger partial charge in [-0.05, 0) is 15.4 Å². The average Bonchev–Trinajstić information content (AvgIpc) is 1.68. The van der Waals surface area contributed by atoms with Crippen LogP contribution in [0.4, 0.5) is 4.79 Å². The van der Waals surface area contributed by atoms with Gasteiger partial charge in [-0.25, -0.2) is 4.79 Å². The third-order valence-electron chi connectivity index (χ3n) is 0.412. The van der Waals surface area contributed by atoms with Crippen molar-refractivity contribution in [2.24, 2.45) is 0 Å². The molecule has 0 radical (unpaired) electrons. The van der Waals surface area contributed by atoms with Gasteiger partial charge in [0, 0.05) is 0 Å². The van der Waals surface area contributed by atoms with Gasteiger partial charge in [0.25, 0.3) is 0 Å². The lowest BCUT2D eigenvalue weighted by Crippen LogP contribution is -2.12. The minimum Gasteiger partial charge on any atom is -0.453 e. The van der Waals surface area contributed by atoms with Crippen molar-refractivity contribution in [3.8, 4) is 0 Å². The van der Waals surface area contributed by atoms with E-state index in [-0.39, 0.29) is 6.09 Å². The number of carbonyl (C=O) groups is 1. The van der Waals surface area contributed by atoms with Crippen LogP contribution < -0.4 is 5.09 Å². The zero-order valence-corrected chi connectivity index (χ0v) is 5.32. The molecule has 7 heavy (non-hydrogen) atoms. The second kappa shape index (κ2) is 3.88. The van der Waals surface area contributed by atoms with Crippen molar-refractivity contribution in [3.63, 3.8) is 0 Å². The van der Waals surface area contributed by atoms with E-state index in [2.05, 4.69) is 9.82 Å². The fraction of sp³-hybridized carbons (Fsp3) is 0.667. The normalized spacial score (nSPS) is 9.43. The molecule has 1 atom stereocenters. The van der Waals surface area contributed by atoms with Gasteiger partial charge in [0.05, 0.1) is 7.11 Å². The maximum absolute atomic E-state index is 10.1. The van der Waals surface area contributed by atoms with Gasteiger partial charge in [0.2, 0.25) is 0 Å². The fourth-order valence-corrected chi connectivity index (χ4v) is 0.459. The lowest BCUT2D eigenvalue weighted by atomic mass is 11.2. The van der Waals surface area contributed by atoms with Crippen LogP contribution in [0, 0.1) is 0 Å². The molecular formula is C3H8NO2P. The summed E-state index contributed by atoms with van der Waals surface area (Å²) in [6.07, 6.45) is -0.360. The number of amides is 1. The second-order valence-electron chi connectivity index (χ2n) is 0.867. The summed E-state index contributed by atoms with van der Waals surface area (Å²) in [5, 5.41) is 2.46. The Morgan fingerprint density at radius 3 is 2.57 bits per heavy atom. The smallest absolute Gasteiger partial charge is 0.409 e. The molecule has 3 nitrogen and oxygen atoms in total. The average molecular weight is 121 g/mol. The molecule has 0 saturated carbocycles. The predicted octanol–water partition coefficient (Wildman–Crippen LogP) is 0.566. The van der Waals surface area contributed by atoms with Gasteiger partial charge in [-0.1, -0.05) is 0 Å². The number of rotatable bonds is 1. The van der Waals surface area contributed by atoms with Gasteiger partial charge in [-0.3, -0.25) is 0 Å². The monoisotopic (exact) mass is 121 g/mol. The summed E-state index contributed by atoms with van der Waals surface area (Å²) in [5.74, 6) is 0. The third kappa shape index (κ3) is 3.53. The zero-order valence-electron chi connectivity index (χ0n) is 4.32. The molecule has 0 aromatic rings. The van der Waals surface area contributed by atoms with Gasteiger partial charge in [0.1, 0.15) is 0 Å². The van der Waals surface area contributed by atoms with Crippen LogP contribution in [-0.2, 0) is 4.74 Å².